The van der Waals surface area contributed by atoms with E-state index in [0.717, 1.165) is 59.4 Å². The van der Waals surface area contributed by atoms with Gasteiger partial charge in [-0.1, -0.05) is 48.2 Å². The van der Waals surface area contributed by atoms with Gasteiger partial charge < -0.3 is 9.47 Å². The largest absolute Gasteiger partial charge is 0.332 e. The van der Waals surface area contributed by atoms with Crippen LogP contribution in [-0.2, 0) is 11.3 Å². The van der Waals surface area contributed by atoms with Crippen molar-refractivity contribution in [3.63, 3.8) is 0 Å². The molecule has 1 fully saturated rings. The SMILES string of the molecule is CCn1c(SCC(=O)N2CCCCC2c2nc3ccccc3s2)nnc1-c1ccccc1C. The molecule has 1 amide bonds. The zero-order chi connectivity index (χ0) is 22.8. The van der Waals surface area contributed by atoms with E-state index in [0.29, 0.717) is 5.75 Å². The minimum Gasteiger partial charge on any atom is -0.332 e. The van der Waals surface area contributed by atoms with Gasteiger partial charge in [0.25, 0.3) is 0 Å². The Hall–Kier alpha value is -2.71. The van der Waals surface area contributed by atoms with Crippen LogP contribution < -0.4 is 0 Å². The van der Waals surface area contributed by atoms with Gasteiger partial charge in [0.15, 0.2) is 11.0 Å². The second-order valence-corrected chi connectivity index (χ2v) is 10.3. The number of aromatic nitrogens is 4. The highest BCUT2D eigenvalue weighted by Crippen LogP contribution is 2.36. The average molecular weight is 478 g/mol. The number of piperidine rings is 1. The molecule has 0 N–H and O–H groups in total. The van der Waals surface area contributed by atoms with Crippen LogP contribution in [0.1, 0.15) is 42.8 Å². The zero-order valence-electron chi connectivity index (χ0n) is 18.9. The minimum absolute atomic E-state index is 0.0656. The fourth-order valence-electron chi connectivity index (χ4n) is 4.43. The Morgan fingerprint density at radius 2 is 1.94 bits per heavy atom. The summed E-state index contributed by atoms with van der Waals surface area (Å²) in [4.78, 5) is 20.2. The topological polar surface area (TPSA) is 63.9 Å². The number of thiazole rings is 1. The Morgan fingerprint density at radius 1 is 1.12 bits per heavy atom. The quantitative estimate of drug-likeness (QED) is 0.332. The van der Waals surface area contributed by atoms with Crippen LogP contribution in [0.5, 0.6) is 0 Å². The second-order valence-electron chi connectivity index (χ2n) is 8.27. The number of amides is 1. The molecule has 2 aromatic heterocycles. The normalized spacial score (nSPS) is 16.4. The number of hydrogen-bond donors (Lipinski definition) is 0. The smallest absolute Gasteiger partial charge is 0.233 e. The third-order valence-corrected chi connectivity index (χ3v) is 8.25. The molecule has 2 aromatic carbocycles. The summed E-state index contributed by atoms with van der Waals surface area (Å²) in [6.45, 7) is 5.71. The Balaban J connectivity index is 1.33. The number of fused-ring (bicyclic) bond motifs is 1. The fourth-order valence-corrected chi connectivity index (χ4v) is 6.44. The van der Waals surface area contributed by atoms with Crippen molar-refractivity contribution in [3.8, 4) is 11.4 Å². The number of para-hydroxylation sites is 1. The molecule has 0 saturated carbocycles. The van der Waals surface area contributed by atoms with Crippen LogP contribution in [0.25, 0.3) is 21.6 Å². The van der Waals surface area contributed by atoms with E-state index in [1.165, 1.54) is 22.0 Å². The first kappa shape index (κ1) is 22.1. The number of carbonyl (C=O) groups is 1. The molecule has 5 rings (SSSR count). The molecule has 33 heavy (non-hydrogen) atoms. The Morgan fingerprint density at radius 3 is 2.76 bits per heavy atom. The third-order valence-electron chi connectivity index (χ3n) is 6.16. The molecule has 0 radical (unpaired) electrons. The van der Waals surface area contributed by atoms with Crippen LogP contribution >= 0.6 is 23.1 Å². The van der Waals surface area contributed by atoms with Crippen molar-refractivity contribution < 1.29 is 4.79 Å². The van der Waals surface area contributed by atoms with E-state index in [-0.39, 0.29) is 11.9 Å². The van der Waals surface area contributed by atoms with Gasteiger partial charge in [-0.3, -0.25) is 4.79 Å². The third kappa shape index (κ3) is 4.42. The van der Waals surface area contributed by atoms with Gasteiger partial charge in [0, 0.05) is 18.7 Å². The van der Waals surface area contributed by atoms with Crippen molar-refractivity contribution in [2.45, 2.75) is 50.9 Å². The highest BCUT2D eigenvalue weighted by Gasteiger charge is 2.30. The van der Waals surface area contributed by atoms with E-state index < -0.39 is 0 Å². The number of benzene rings is 2. The van der Waals surface area contributed by atoms with Gasteiger partial charge in [-0.25, -0.2) is 4.98 Å². The predicted molar refractivity (Wildman–Crippen MR) is 135 cm³/mol. The molecular formula is C25H27N5OS2. The van der Waals surface area contributed by atoms with Gasteiger partial charge in [0.1, 0.15) is 5.01 Å². The standard InChI is InChI=1S/C25H27N5OS2/c1-3-29-23(18-11-5-4-10-17(18)2)27-28-25(29)32-16-22(31)30-15-9-8-13-20(30)24-26-19-12-6-7-14-21(19)33-24/h4-7,10-12,14,20H,3,8-9,13,15-16H2,1-2H3. The molecule has 1 aliphatic rings. The molecule has 1 atom stereocenters. The number of carbonyl (C=O) groups excluding carboxylic acids is 1. The molecule has 1 unspecified atom stereocenters. The average Bonchev–Trinajstić information content (AvgIpc) is 3.46. The lowest BCUT2D eigenvalue weighted by Gasteiger charge is -2.34. The maximum Gasteiger partial charge on any atom is 0.233 e. The van der Waals surface area contributed by atoms with Gasteiger partial charge in [-0.2, -0.15) is 0 Å². The van der Waals surface area contributed by atoms with Crippen LogP contribution in [-0.4, -0.2) is 42.9 Å². The highest BCUT2D eigenvalue weighted by molar-refractivity contribution is 7.99. The van der Waals surface area contributed by atoms with E-state index in [9.17, 15) is 4.79 Å². The van der Waals surface area contributed by atoms with Gasteiger partial charge in [0.2, 0.25) is 5.91 Å². The molecule has 3 heterocycles. The molecule has 6 nitrogen and oxygen atoms in total. The molecule has 0 spiro atoms. The van der Waals surface area contributed by atoms with Gasteiger partial charge in [-0.15, -0.1) is 21.5 Å². The lowest BCUT2D eigenvalue weighted by atomic mass is 10.0. The summed E-state index contributed by atoms with van der Waals surface area (Å²) in [6.07, 6.45) is 3.14. The zero-order valence-corrected chi connectivity index (χ0v) is 20.5. The maximum atomic E-state index is 13.3. The first-order valence-electron chi connectivity index (χ1n) is 11.4. The predicted octanol–water partition coefficient (Wildman–Crippen LogP) is 5.73. The number of nitrogens with zero attached hydrogens (tertiary/aromatic N) is 5. The summed E-state index contributed by atoms with van der Waals surface area (Å²) in [5, 5.41) is 10.7. The molecule has 8 heteroatoms. The van der Waals surface area contributed by atoms with Crippen molar-refractivity contribution in [2.24, 2.45) is 0 Å². The number of thioether (sulfide) groups is 1. The second kappa shape index (κ2) is 9.65. The molecule has 4 aromatic rings. The van der Waals surface area contributed by atoms with E-state index in [1.54, 1.807) is 11.3 Å². The molecule has 0 aliphatic carbocycles. The van der Waals surface area contributed by atoms with E-state index >= 15 is 0 Å². The first-order valence-corrected chi connectivity index (χ1v) is 13.2. The summed E-state index contributed by atoms with van der Waals surface area (Å²) in [5.41, 5.74) is 3.26. The Kier molecular flexibility index (Phi) is 6.46. The summed E-state index contributed by atoms with van der Waals surface area (Å²) in [6, 6.07) is 16.5. The maximum absolute atomic E-state index is 13.3. The van der Waals surface area contributed by atoms with E-state index in [2.05, 4.69) is 46.8 Å². The number of hydrogen-bond acceptors (Lipinski definition) is 6. The molecular weight excluding hydrogens is 450 g/mol. The van der Waals surface area contributed by atoms with Gasteiger partial charge in [-0.05, 0) is 50.8 Å². The van der Waals surface area contributed by atoms with Crippen molar-refractivity contribution in [3.05, 3.63) is 59.1 Å². The number of aryl methyl sites for hydroxylation is 1. The van der Waals surface area contributed by atoms with Crippen molar-refractivity contribution in [1.29, 1.82) is 0 Å². The molecule has 1 saturated heterocycles. The summed E-state index contributed by atoms with van der Waals surface area (Å²) in [7, 11) is 0. The van der Waals surface area contributed by atoms with Crippen LogP contribution in [0.2, 0.25) is 0 Å². The Bertz CT molecular complexity index is 1250. The molecule has 1 aliphatic heterocycles. The highest BCUT2D eigenvalue weighted by atomic mass is 32.2. The first-order chi connectivity index (χ1) is 16.2. The lowest BCUT2D eigenvalue weighted by molar-refractivity contribution is -0.132. The van der Waals surface area contributed by atoms with Crippen LogP contribution in [0, 0.1) is 6.92 Å². The van der Waals surface area contributed by atoms with Crippen LogP contribution in [0.15, 0.2) is 53.7 Å². The minimum atomic E-state index is 0.0656. The molecule has 0 bridgehead atoms. The van der Waals surface area contributed by atoms with E-state index in [1.807, 2.05) is 35.2 Å². The van der Waals surface area contributed by atoms with Gasteiger partial charge >= 0.3 is 0 Å². The Labute approximate surface area is 202 Å². The van der Waals surface area contributed by atoms with Crippen LogP contribution in [0.4, 0.5) is 0 Å². The molecule has 170 valence electrons. The van der Waals surface area contributed by atoms with Crippen molar-refractivity contribution >= 4 is 39.2 Å². The fraction of sp³-hybridized carbons (Fsp3) is 0.360. The van der Waals surface area contributed by atoms with Crippen LogP contribution in [0.3, 0.4) is 0 Å². The number of likely N-dealkylation sites (tertiary alicyclic amines) is 1. The summed E-state index contributed by atoms with van der Waals surface area (Å²) >= 11 is 3.19. The summed E-state index contributed by atoms with van der Waals surface area (Å²) < 4.78 is 3.28. The van der Waals surface area contributed by atoms with Gasteiger partial charge in [0.05, 0.1) is 22.0 Å². The van der Waals surface area contributed by atoms with Crippen molar-refractivity contribution in [1.82, 2.24) is 24.6 Å². The van der Waals surface area contributed by atoms with Crippen molar-refractivity contribution in [2.75, 3.05) is 12.3 Å². The lowest BCUT2D eigenvalue weighted by Crippen LogP contribution is -2.39. The van der Waals surface area contributed by atoms with E-state index in [4.69, 9.17) is 4.98 Å². The summed E-state index contributed by atoms with van der Waals surface area (Å²) in [5.74, 6) is 1.36. The monoisotopic (exact) mass is 477 g/mol. The number of rotatable bonds is 6.